The maximum absolute atomic E-state index is 12.6. The van der Waals surface area contributed by atoms with Gasteiger partial charge < -0.3 is 19.5 Å². The minimum Gasteiger partial charge on any atom is -0.378 e. The van der Waals surface area contributed by atoms with Crippen molar-refractivity contribution < 1.29 is 9.53 Å². The quantitative estimate of drug-likeness (QED) is 0.882. The third-order valence-electron chi connectivity index (χ3n) is 5.56. The Morgan fingerprint density at radius 3 is 2.63 bits per heavy atom. The highest BCUT2D eigenvalue weighted by atomic mass is 16.5. The van der Waals surface area contributed by atoms with E-state index in [4.69, 9.17) is 4.74 Å². The number of morpholine rings is 1. The van der Waals surface area contributed by atoms with Crippen molar-refractivity contribution in [2.24, 2.45) is 7.05 Å². The van der Waals surface area contributed by atoms with Crippen LogP contribution in [0.4, 0.5) is 11.4 Å². The number of nitrogens with zero attached hydrogens (tertiary/aromatic N) is 3. The van der Waals surface area contributed by atoms with Crippen molar-refractivity contribution in [1.29, 1.82) is 0 Å². The summed E-state index contributed by atoms with van der Waals surface area (Å²) in [5.74, 6) is 0.0511. The Morgan fingerprint density at radius 2 is 1.93 bits per heavy atom. The summed E-state index contributed by atoms with van der Waals surface area (Å²) in [6.45, 7) is 4.79. The molecule has 0 radical (unpaired) electrons. The molecule has 1 N–H and O–H groups in total. The number of benzene rings is 1. The van der Waals surface area contributed by atoms with Gasteiger partial charge >= 0.3 is 0 Å². The number of amides is 1. The van der Waals surface area contributed by atoms with Crippen LogP contribution in [-0.2, 0) is 16.6 Å². The number of aryl methyl sites for hydroxylation is 1. The topological polar surface area (TPSA) is 49.7 Å². The normalized spacial score (nSPS) is 20.8. The first-order valence-corrected chi connectivity index (χ1v) is 9.78. The van der Waals surface area contributed by atoms with Crippen LogP contribution < -0.4 is 10.2 Å². The van der Waals surface area contributed by atoms with E-state index >= 15 is 0 Å². The molecule has 0 saturated carbocycles. The van der Waals surface area contributed by atoms with E-state index < -0.39 is 0 Å². The van der Waals surface area contributed by atoms with Crippen LogP contribution in [0.25, 0.3) is 0 Å². The Labute approximate surface area is 160 Å². The van der Waals surface area contributed by atoms with Gasteiger partial charge in [-0.25, -0.2) is 0 Å². The predicted molar refractivity (Wildman–Crippen MR) is 107 cm³/mol. The first-order valence-electron chi connectivity index (χ1n) is 9.78. The zero-order valence-corrected chi connectivity index (χ0v) is 15.9. The van der Waals surface area contributed by atoms with E-state index in [2.05, 4.69) is 57.2 Å². The largest absolute Gasteiger partial charge is 0.378 e. The van der Waals surface area contributed by atoms with E-state index in [0.717, 1.165) is 51.4 Å². The fourth-order valence-electron chi connectivity index (χ4n) is 4.13. The lowest BCUT2D eigenvalue weighted by molar-refractivity contribution is -0.117. The molecular weight excluding hydrogens is 340 g/mol. The molecule has 2 fully saturated rings. The summed E-state index contributed by atoms with van der Waals surface area (Å²) >= 11 is 0. The van der Waals surface area contributed by atoms with Gasteiger partial charge in [-0.15, -0.1) is 0 Å². The van der Waals surface area contributed by atoms with Gasteiger partial charge in [0.15, 0.2) is 0 Å². The van der Waals surface area contributed by atoms with E-state index in [0.29, 0.717) is 12.6 Å². The average Bonchev–Trinajstić information content (AvgIpc) is 3.31. The van der Waals surface area contributed by atoms with Crippen LogP contribution in [0.5, 0.6) is 0 Å². The molecule has 1 aromatic heterocycles. The van der Waals surface area contributed by atoms with E-state index in [1.165, 1.54) is 11.4 Å². The first kappa shape index (κ1) is 18.1. The number of rotatable bonds is 5. The lowest BCUT2D eigenvalue weighted by atomic mass is 10.1. The van der Waals surface area contributed by atoms with E-state index in [-0.39, 0.29) is 5.91 Å². The summed E-state index contributed by atoms with van der Waals surface area (Å²) in [7, 11) is 2.07. The van der Waals surface area contributed by atoms with Crippen molar-refractivity contribution >= 4 is 17.3 Å². The first-order chi connectivity index (χ1) is 13.2. The number of aromatic nitrogens is 1. The number of anilines is 2. The smallest absolute Gasteiger partial charge is 0.238 e. The second kappa shape index (κ2) is 8.15. The minimum absolute atomic E-state index is 0.0511. The van der Waals surface area contributed by atoms with E-state index in [1.807, 2.05) is 12.1 Å². The average molecular weight is 368 g/mol. The highest BCUT2D eigenvalue weighted by molar-refractivity contribution is 5.92. The summed E-state index contributed by atoms with van der Waals surface area (Å²) in [4.78, 5) is 17.2. The van der Waals surface area contributed by atoms with Gasteiger partial charge in [0.1, 0.15) is 0 Å². The molecule has 3 heterocycles. The third kappa shape index (κ3) is 4.17. The van der Waals surface area contributed by atoms with Crippen LogP contribution in [0, 0.1) is 0 Å². The van der Waals surface area contributed by atoms with Crippen molar-refractivity contribution in [3.63, 3.8) is 0 Å². The molecular formula is C21H28N4O2. The number of carbonyl (C=O) groups is 1. The monoisotopic (exact) mass is 368 g/mol. The van der Waals surface area contributed by atoms with Crippen molar-refractivity contribution in [3.05, 3.63) is 48.3 Å². The molecule has 2 aliphatic heterocycles. The second-order valence-electron chi connectivity index (χ2n) is 7.37. The van der Waals surface area contributed by atoms with Crippen LogP contribution >= 0.6 is 0 Å². The Morgan fingerprint density at radius 1 is 1.15 bits per heavy atom. The molecule has 4 rings (SSSR count). The third-order valence-corrected chi connectivity index (χ3v) is 5.56. The van der Waals surface area contributed by atoms with E-state index in [9.17, 15) is 4.79 Å². The summed E-state index contributed by atoms with van der Waals surface area (Å²) in [6, 6.07) is 12.7. The Hall–Kier alpha value is -2.31. The molecule has 27 heavy (non-hydrogen) atoms. The number of ether oxygens (including phenoxy) is 1. The Balaban J connectivity index is 1.34. The molecule has 2 aromatic rings. The summed E-state index contributed by atoms with van der Waals surface area (Å²) in [6.07, 6.45) is 4.32. The lowest BCUT2D eigenvalue weighted by Gasteiger charge is -2.29. The molecule has 2 saturated heterocycles. The van der Waals surface area contributed by atoms with Crippen molar-refractivity contribution in [3.8, 4) is 0 Å². The molecule has 0 bridgehead atoms. The van der Waals surface area contributed by atoms with Crippen LogP contribution in [0.15, 0.2) is 42.6 Å². The maximum atomic E-state index is 12.6. The van der Waals surface area contributed by atoms with Crippen molar-refractivity contribution in [1.82, 2.24) is 9.47 Å². The number of carbonyl (C=O) groups excluding carboxylic acids is 1. The Bertz CT molecular complexity index is 765. The molecule has 0 spiro atoms. The SMILES string of the molecule is Cn1cccc1[C@H]1CCCN1CC(=O)Nc1ccc(N2CCOCC2)cc1. The van der Waals surface area contributed by atoms with Gasteiger partial charge in [-0.3, -0.25) is 9.69 Å². The molecule has 2 aliphatic rings. The van der Waals surface area contributed by atoms with Gasteiger partial charge in [0, 0.05) is 43.4 Å². The minimum atomic E-state index is 0.0511. The molecule has 144 valence electrons. The summed E-state index contributed by atoms with van der Waals surface area (Å²) in [5.41, 5.74) is 3.32. The molecule has 1 atom stereocenters. The van der Waals surface area contributed by atoms with Gasteiger partial charge in [-0.1, -0.05) is 0 Å². The van der Waals surface area contributed by atoms with Crippen molar-refractivity contribution in [2.45, 2.75) is 18.9 Å². The van der Waals surface area contributed by atoms with Crippen LogP contribution in [-0.4, -0.2) is 54.8 Å². The van der Waals surface area contributed by atoms with Gasteiger partial charge in [0.05, 0.1) is 25.8 Å². The molecule has 1 aromatic carbocycles. The summed E-state index contributed by atoms with van der Waals surface area (Å²) < 4.78 is 7.56. The fraction of sp³-hybridized carbons (Fsp3) is 0.476. The molecule has 0 aliphatic carbocycles. The number of hydrogen-bond donors (Lipinski definition) is 1. The number of likely N-dealkylation sites (tertiary alicyclic amines) is 1. The second-order valence-corrected chi connectivity index (χ2v) is 7.37. The van der Waals surface area contributed by atoms with Crippen LogP contribution in [0.3, 0.4) is 0 Å². The zero-order valence-electron chi connectivity index (χ0n) is 15.9. The molecule has 6 nitrogen and oxygen atoms in total. The fourth-order valence-corrected chi connectivity index (χ4v) is 4.13. The highest BCUT2D eigenvalue weighted by Gasteiger charge is 2.28. The van der Waals surface area contributed by atoms with Gasteiger partial charge in [0.2, 0.25) is 5.91 Å². The Kier molecular flexibility index (Phi) is 5.45. The van der Waals surface area contributed by atoms with Crippen molar-refractivity contribution in [2.75, 3.05) is 49.6 Å². The summed E-state index contributed by atoms with van der Waals surface area (Å²) in [5, 5.41) is 3.05. The number of hydrogen-bond acceptors (Lipinski definition) is 4. The molecule has 1 amide bonds. The van der Waals surface area contributed by atoms with E-state index in [1.54, 1.807) is 0 Å². The van der Waals surface area contributed by atoms with Gasteiger partial charge in [0.25, 0.3) is 0 Å². The molecule has 0 unspecified atom stereocenters. The standard InChI is InChI=1S/C21H28N4O2/c1-23-10-2-4-19(23)20-5-3-11-25(20)16-21(26)22-17-6-8-18(9-7-17)24-12-14-27-15-13-24/h2,4,6-10,20H,3,5,11-16H2,1H3,(H,22,26)/t20-/m1/s1. The zero-order chi connectivity index (χ0) is 18.6. The number of nitrogens with one attached hydrogen (secondary N) is 1. The highest BCUT2D eigenvalue weighted by Crippen LogP contribution is 2.31. The van der Waals surface area contributed by atoms with Gasteiger partial charge in [-0.05, 0) is 55.8 Å². The van der Waals surface area contributed by atoms with Crippen LogP contribution in [0.1, 0.15) is 24.6 Å². The lowest BCUT2D eigenvalue weighted by Crippen LogP contribution is -2.36. The van der Waals surface area contributed by atoms with Crippen LogP contribution in [0.2, 0.25) is 0 Å². The van der Waals surface area contributed by atoms with Gasteiger partial charge in [-0.2, -0.15) is 0 Å². The molecule has 6 heteroatoms. The maximum Gasteiger partial charge on any atom is 0.238 e. The predicted octanol–water partition coefficient (Wildman–Crippen LogP) is 2.64.